The summed E-state index contributed by atoms with van der Waals surface area (Å²) in [6, 6.07) is -0.241. The summed E-state index contributed by atoms with van der Waals surface area (Å²) in [6.45, 7) is 5.97. The number of ketones is 1. The third-order valence-corrected chi connectivity index (χ3v) is 1.69. The molecule has 0 aliphatic carbocycles. The smallest absolute Gasteiger partial charge is 0.180 e. The van der Waals surface area contributed by atoms with Crippen LogP contribution in [0.5, 0.6) is 0 Å². The van der Waals surface area contributed by atoms with E-state index in [1.54, 1.807) is 6.92 Å². The molecule has 0 amide bonds. The van der Waals surface area contributed by atoms with Gasteiger partial charge in [-0.05, 0) is 0 Å². The molecule has 3 heteroatoms. The van der Waals surface area contributed by atoms with Gasteiger partial charge in [0, 0.05) is 12.8 Å². The number of carbonyl (C=O) groups excluding carboxylic acids is 1. The molecule has 0 N–H and O–H groups in total. The quantitative estimate of drug-likeness (QED) is 0.597. The normalized spacial score (nSPS) is 23.3. The summed E-state index contributed by atoms with van der Waals surface area (Å²) in [4.78, 5) is 15.4. The van der Waals surface area contributed by atoms with Crippen molar-refractivity contribution in [3.8, 4) is 0 Å². The molecule has 1 aliphatic rings. The number of nitrogens with zero attached hydrogens (tertiary/aromatic N) is 1. The summed E-state index contributed by atoms with van der Waals surface area (Å²) < 4.78 is 5.07. The van der Waals surface area contributed by atoms with Gasteiger partial charge in [0.2, 0.25) is 0 Å². The van der Waals surface area contributed by atoms with Gasteiger partial charge < -0.3 is 4.74 Å². The van der Waals surface area contributed by atoms with Crippen molar-refractivity contribution in [3.05, 3.63) is 0 Å². The van der Waals surface area contributed by atoms with Crippen LogP contribution in [0, 0.1) is 5.92 Å². The van der Waals surface area contributed by atoms with Crippen LogP contribution in [0.4, 0.5) is 0 Å². The molecule has 0 aromatic carbocycles. The minimum absolute atomic E-state index is 0.0539. The maximum absolute atomic E-state index is 11.3. The van der Waals surface area contributed by atoms with E-state index in [0.29, 0.717) is 12.5 Å². The Morgan fingerprint density at radius 2 is 2.36 bits per heavy atom. The second-order valence-electron chi connectivity index (χ2n) is 3.03. The highest BCUT2D eigenvalue weighted by atomic mass is 16.5. The maximum Gasteiger partial charge on any atom is 0.180 e. The average molecular weight is 155 g/mol. The molecule has 1 atom stereocenters. The molecule has 0 saturated heterocycles. The van der Waals surface area contributed by atoms with Crippen LogP contribution < -0.4 is 0 Å². The molecular weight excluding hydrogens is 142 g/mol. The van der Waals surface area contributed by atoms with Crippen molar-refractivity contribution in [1.82, 2.24) is 0 Å². The van der Waals surface area contributed by atoms with Gasteiger partial charge in [-0.2, -0.15) is 0 Å². The molecule has 0 aromatic heterocycles. The minimum atomic E-state index is -0.241. The fourth-order valence-corrected chi connectivity index (χ4v) is 1.02. The first-order chi connectivity index (χ1) is 5.11. The van der Waals surface area contributed by atoms with Crippen LogP contribution in [0.25, 0.3) is 0 Å². The van der Waals surface area contributed by atoms with Crippen LogP contribution in [-0.2, 0) is 9.53 Å². The number of hydrogen-bond acceptors (Lipinski definition) is 3. The third kappa shape index (κ3) is 1.79. The van der Waals surface area contributed by atoms with Crippen LogP contribution in [0.1, 0.15) is 20.8 Å². The molecule has 62 valence electrons. The Morgan fingerprint density at radius 3 is 2.73 bits per heavy atom. The van der Waals surface area contributed by atoms with E-state index in [1.807, 2.05) is 13.8 Å². The molecule has 1 rings (SSSR count). The molecular formula is C8H13NO2. The topological polar surface area (TPSA) is 38.7 Å². The molecule has 0 aromatic rings. The summed E-state index contributed by atoms with van der Waals surface area (Å²) >= 11 is 0. The number of aliphatic imine (C=N–C) groups is 1. The monoisotopic (exact) mass is 155 g/mol. The maximum atomic E-state index is 11.3. The predicted molar refractivity (Wildman–Crippen MR) is 42.7 cm³/mol. The van der Waals surface area contributed by atoms with Crippen molar-refractivity contribution in [3.63, 3.8) is 0 Å². The van der Waals surface area contributed by atoms with Gasteiger partial charge in [-0.1, -0.05) is 13.8 Å². The van der Waals surface area contributed by atoms with Crippen molar-refractivity contribution >= 4 is 11.7 Å². The Morgan fingerprint density at radius 1 is 1.73 bits per heavy atom. The lowest BCUT2D eigenvalue weighted by Crippen LogP contribution is -2.24. The summed E-state index contributed by atoms with van der Waals surface area (Å²) in [6.07, 6.45) is 0. The molecule has 0 fully saturated rings. The van der Waals surface area contributed by atoms with E-state index in [-0.39, 0.29) is 17.7 Å². The molecule has 0 spiro atoms. The lowest BCUT2D eigenvalue weighted by atomic mass is 10.0. The highest BCUT2D eigenvalue weighted by Crippen LogP contribution is 2.09. The van der Waals surface area contributed by atoms with E-state index in [4.69, 9.17) is 4.74 Å². The molecule has 1 heterocycles. The number of Topliss-reactive ketones (excluding diaryl/α,β-unsaturated/α-hetero) is 1. The fourth-order valence-electron chi connectivity index (χ4n) is 1.02. The van der Waals surface area contributed by atoms with Crippen LogP contribution in [-0.4, -0.2) is 24.3 Å². The predicted octanol–water partition coefficient (Wildman–Crippen LogP) is 1.03. The van der Waals surface area contributed by atoms with E-state index < -0.39 is 0 Å². The number of ether oxygens (including phenoxy) is 1. The van der Waals surface area contributed by atoms with Crippen molar-refractivity contribution in [2.24, 2.45) is 10.9 Å². The third-order valence-electron chi connectivity index (χ3n) is 1.69. The summed E-state index contributed by atoms with van der Waals surface area (Å²) in [5.41, 5.74) is 0. The highest BCUT2D eigenvalue weighted by Gasteiger charge is 2.25. The van der Waals surface area contributed by atoms with Crippen molar-refractivity contribution in [2.45, 2.75) is 26.8 Å². The van der Waals surface area contributed by atoms with Gasteiger partial charge in [-0.3, -0.25) is 4.79 Å². The van der Waals surface area contributed by atoms with Gasteiger partial charge in [-0.25, -0.2) is 4.99 Å². The number of rotatable bonds is 2. The highest BCUT2D eigenvalue weighted by molar-refractivity contribution is 5.90. The molecule has 0 radical (unpaired) electrons. The Kier molecular flexibility index (Phi) is 2.27. The van der Waals surface area contributed by atoms with Gasteiger partial charge >= 0.3 is 0 Å². The second-order valence-corrected chi connectivity index (χ2v) is 3.03. The van der Waals surface area contributed by atoms with Crippen molar-refractivity contribution < 1.29 is 9.53 Å². The molecule has 11 heavy (non-hydrogen) atoms. The zero-order valence-corrected chi connectivity index (χ0v) is 7.13. The van der Waals surface area contributed by atoms with Crippen molar-refractivity contribution in [1.29, 1.82) is 0 Å². The molecule has 1 unspecified atom stereocenters. The molecule has 0 bridgehead atoms. The lowest BCUT2D eigenvalue weighted by Gasteiger charge is -2.05. The summed E-state index contributed by atoms with van der Waals surface area (Å²) in [5.74, 6) is 0.851. The SMILES string of the molecule is CC1=NC(C(=O)C(C)C)CO1. The van der Waals surface area contributed by atoms with Crippen molar-refractivity contribution in [2.75, 3.05) is 6.61 Å². The number of carbonyl (C=O) groups is 1. The Labute approximate surface area is 66.5 Å². The first-order valence-electron chi connectivity index (χ1n) is 3.82. The summed E-state index contributed by atoms with van der Waals surface area (Å²) in [5, 5.41) is 0. The van der Waals surface area contributed by atoms with Crippen LogP contribution in [0.15, 0.2) is 4.99 Å². The van der Waals surface area contributed by atoms with Gasteiger partial charge in [0.05, 0.1) is 0 Å². The van der Waals surface area contributed by atoms with E-state index in [9.17, 15) is 4.79 Å². The van der Waals surface area contributed by atoms with Gasteiger partial charge in [0.15, 0.2) is 11.7 Å². The molecule has 0 saturated carbocycles. The summed E-state index contributed by atoms with van der Waals surface area (Å²) in [7, 11) is 0. The Bertz CT molecular complexity index is 196. The molecule has 3 nitrogen and oxygen atoms in total. The lowest BCUT2D eigenvalue weighted by molar-refractivity contribution is -0.123. The fraction of sp³-hybridized carbons (Fsp3) is 0.750. The van der Waals surface area contributed by atoms with E-state index in [0.717, 1.165) is 0 Å². The first kappa shape index (κ1) is 8.24. The zero-order valence-electron chi connectivity index (χ0n) is 7.13. The van der Waals surface area contributed by atoms with Gasteiger partial charge in [0.1, 0.15) is 12.6 Å². The standard InChI is InChI=1S/C8H13NO2/c1-5(2)8(10)7-4-11-6(3)9-7/h5,7H,4H2,1-3H3. The minimum Gasteiger partial charge on any atom is -0.478 e. The van der Waals surface area contributed by atoms with E-state index in [2.05, 4.69) is 4.99 Å². The number of hydrogen-bond donors (Lipinski definition) is 0. The van der Waals surface area contributed by atoms with Crippen LogP contribution in [0.3, 0.4) is 0 Å². The van der Waals surface area contributed by atoms with Gasteiger partial charge in [-0.15, -0.1) is 0 Å². The zero-order chi connectivity index (χ0) is 8.43. The van der Waals surface area contributed by atoms with E-state index >= 15 is 0 Å². The first-order valence-corrected chi connectivity index (χ1v) is 3.82. The van der Waals surface area contributed by atoms with E-state index in [1.165, 1.54) is 0 Å². The van der Waals surface area contributed by atoms with Crippen LogP contribution >= 0.6 is 0 Å². The Hall–Kier alpha value is -0.860. The Balaban J connectivity index is 2.57. The van der Waals surface area contributed by atoms with Crippen LogP contribution in [0.2, 0.25) is 0 Å². The van der Waals surface area contributed by atoms with Gasteiger partial charge in [0.25, 0.3) is 0 Å². The largest absolute Gasteiger partial charge is 0.478 e. The second kappa shape index (κ2) is 3.03. The molecule has 1 aliphatic heterocycles. The average Bonchev–Trinajstić information content (AvgIpc) is 2.34.